The Morgan fingerprint density at radius 3 is 2.57 bits per heavy atom. The Kier molecular flexibility index (Phi) is 5.44. The van der Waals surface area contributed by atoms with Gasteiger partial charge in [-0.05, 0) is 48.5 Å². The maximum Gasteiger partial charge on any atom is 0.230 e. The van der Waals surface area contributed by atoms with Crippen LogP contribution in [0.25, 0.3) is 0 Å². The quantitative estimate of drug-likeness (QED) is 0.842. The van der Waals surface area contributed by atoms with E-state index in [2.05, 4.69) is 34.9 Å². The number of nitrogens with one attached hydrogen (secondary N) is 2. The Balaban J connectivity index is 1.44. The van der Waals surface area contributed by atoms with Crippen LogP contribution >= 0.6 is 0 Å². The summed E-state index contributed by atoms with van der Waals surface area (Å²) >= 11 is 0. The summed E-state index contributed by atoms with van der Waals surface area (Å²) in [5.74, 6) is 0.487. The zero-order valence-corrected chi connectivity index (χ0v) is 16.2. The molecular weight excluding hydrogens is 350 g/mol. The van der Waals surface area contributed by atoms with E-state index in [1.807, 2.05) is 42.3 Å². The molecule has 1 fully saturated rings. The maximum absolute atomic E-state index is 13.2. The summed E-state index contributed by atoms with van der Waals surface area (Å²) in [6.45, 7) is 2.62. The topological polar surface area (TPSA) is 61.4 Å². The lowest BCUT2D eigenvalue weighted by molar-refractivity contribution is -0.134. The van der Waals surface area contributed by atoms with E-state index in [1.165, 1.54) is 5.56 Å². The van der Waals surface area contributed by atoms with E-state index >= 15 is 0 Å². The Morgan fingerprint density at radius 2 is 1.75 bits per heavy atom. The summed E-state index contributed by atoms with van der Waals surface area (Å²) in [6, 6.07) is 18.1. The minimum atomic E-state index is -0.392. The summed E-state index contributed by atoms with van der Waals surface area (Å²) in [5, 5.41) is 6.36. The zero-order valence-electron chi connectivity index (χ0n) is 16.2. The first-order valence-electron chi connectivity index (χ1n) is 10.00. The van der Waals surface area contributed by atoms with E-state index in [-0.39, 0.29) is 18.2 Å². The number of benzene rings is 2. The van der Waals surface area contributed by atoms with Crippen molar-refractivity contribution < 1.29 is 9.59 Å². The number of likely N-dealkylation sites (N-methyl/N-ethyl adjacent to an activating group) is 1. The lowest BCUT2D eigenvalue weighted by Gasteiger charge is -2.31. The van der Waals surface area contributed by atoms with Crippen molar-refractivity contribution in [1.82, 2.24) is 10.2 Å². The van der Waals surface area contributed by atoms with Gasteiger partial charge in [0.15, 0.2) is 0 Å². The van der Waals surface area contributed by atoms with Crippen LogP contribution < -0.4 is 10.6 Å². The lowest BCUT2D eigenvalue weighted by Crippen LogP contribution is -2.40. The van der Waals surface area contributed by atoms with Crippen molar-refractivity contribution in [3.8, 4) is 0 Å². The van der Waals surface area contributed by atoms with Crippen LogP contribution in [0.1, 0.15) is 23.5 Å². The van der Waals surface area contributed by atoms with Crippen molar-refractivity contribution in [3.05, 3.63) is 65.7 Å². The monoisotopic (exact) mass is 377 g/mol. The van der Waals surface area contributed by atoms with Gasteiger partial charge in [-0.25, -0.2) is 0 Å². The summed E-state index contributed by atoms with van der Waals surface area (Å²) < 4.78 is 0. The summed E-state index contributed by atoms with van der Waals surface area (Å²) in [5.41, 5.74) is 3.02. The Labute approximate surface area is 166 Å². The van der Waals surface area contributed by atoms with E-state index in [0.29, 0.717) is 18.4 Å². The molecule has 0 saturated carbocycles. The van der Waals surface area contributed by atoms with Crippen LogP contribution in [-0.2, 0) is 16.0 Å². The van der Waals surface area contributed by atoms with Gasteiger partial charge in [-0.2, -0.15) is 0 Å². The van der Waals surface area contributed by atoms with Gasteiger partial charge in [0.1, 0.15) is 0 Å². The molecule has 0 spiro atoms. The molecule has 0 aliphatic carbocycles. The van der Waals surface area contributed by atoms with Gasteiger partial charge in [0.2, 0.25) is 11.8 Å². The van der Waals surface area contributed by atoms with Crippen LogP contribution in [0.4, 0.5) is 5.69 Å². The first-order valence-corrected chi connectivity index (χ1v) is 10.00. The highest BCUT2D eigenvalue weighted by molar-refractivity contribution is 6.01. The Bertz CT molecular complexity index is 852. The molecule has 146 valence electrons. The van der Waals surface area contributed by atoms with Gasteiger partial charge < -0.3 is 15.5 Å². The molecule has 2 aliphatic heterocycles. The third kappa shape index (κ3) is 3.94. The minimum Gasteiger partial charge on any atom is -0.345 e. The molecule has 0 radical (unpaired) electrons. The summed E-state index contributed by atoms with van der Waals surface area (Å²) in [7, 11) is 1.87. The highest BCUT2D eigenvalue weighted by Gasteiger charge is 2.35. The summed E-state index contributed by atoms with van der Waals surface area (Å²) in [6.07, 6.45) is 1.24. The van der Waals surface area contributed by atoms with Gasteiger partial charge in [-0.15, -0.1) is 0 Å². The number of hydrogen-bond donors (Lipinski definition) is 2. The molecule has 2 aromatic rings. The largest absolute Gasteiger partial charge is 0.345 e. The number of fused-ring (bicyclic) bond motifs is 1. The smallest absolute Gasteiger partial charge is 0.230 e. The van der Waals surface area contributed by atoms with E-state index < -0.39 is 5.92 Å². The predicted octanol–water partition coefficient (Wildman–Crippen LogP) is 2.65. The van der Waals surface area contributed by atoms with Gasteiger partial charge >= 0.3 is 0 Å². The van der Waals surface area contributed by atoms with Crippen LogP contribution in [-0.4, -0.2) is 43.4 Å². The number of hydrogen-bond acceptors (Lipinski definition) is 3. The molecule has 2 N–H and O–H groups in total. The van der Waals surface area contributed by atoms with Crippen molar-refractivity contribution in [2.24, 2.45) is 11.8 Å². The maximum atomic E-state index is 13.2. The number of rotatable bonds is 5. The van der Waals surface area contributed by atoms with Gasteiger partial charge in [0.25, 0.3) is 0 Å². The van der Waals surface area contributed by atoms with Crippen molar-refractivity contribution in [3.63, 3.8) is 0 Å². The van der Waals surface area contributed by atoms with Crippen LogP contribution in [0.5, 0.6) is 0 Å². The molecule has 2 aliphatic rings. The molecule has 28 heavy (non-hydrogen) atoms. The van der Waals surface area contributed by atoms with E-state index in [9.17, 15) is 9.59 Å². The fraction of sp³-hybridized carbons (Fsp3) is 0.391. The molecule has 0 aromatic heterocycles. The van der Waals surface area contributed by atoms with Crippen molar-refractivity contribution >= 4 is 17.5 Å². The molecule has 5 nitrogen and oxygen atoms in total. The average Bonchev–Trinajstić information content (AvgIpc) is 3.14. The fourth-order valence-corrected chi connectivity index (χ4v) is 4.50. The van der Waals surface area contributed by atoms with Gasteiger partial charge in [0.05, 0.1) is 5.92 Å². The second-order valence-corrected chi connectivity index (χ2v) is 7.98. The number of carbonyl (C=O) groups is 2. The lowest BCUT2D eigenvalue weighted by atomic mass is 9.87. The normalized spacial score (nSPS) is 23.8. The number of nitrogens with zero attached hydrogens (tertiary/aromatic N) is 1. The SMILES string of the molecule is CN(C[C@@H]1CNC[C@@H]1Cc1ccccc1)C(=O)C1CC(=O)Nc2ccccc21. The molecule has 2 heterocycles. The Hall–Kier alpha value is -2.66. The van der Waals surface area contributed by atoms with Crippen molar-refractivity contribution in [1.29, 1.82) is 0 Å². The molecule has 1 unspecified atom stereocenters. The van der Waals surface area contributed by atoms with Gasteiger partial charge in [0, 0.05) is 25.7 Å². The molecule has 1 saturated heterocycles. The van der Waals surface area contributed by atoms with Crippen LogP contribution in [0.3, 0.4) is 0 Å². The predicted molar refractivity (Wildman–Crippen MR) is 110 cm³/mol. The standard InChI is InChI=1S/C23H27N3O2/c1-26(15-18-14-24-13-17(18)11-16-7-3-2-4-8-16)23(28)20-12-22(27)25-21-10-6-5-9-19(20)21/h2-10,17-18,20,24H,11-15H2,1H3,(H,25,27)/t17-,18-,20?/m0/s1. The van der Waals surface area contributed by atoms with E-state index in [1.54, 1.807) is 0 Å². The van der Waals surface area contributed by atoms with Crippen LogP contribution in [0.2, 0.25) is 0 Å². The highest BCUT2D eigenvalue weighted by atomic mass is 16.2. The molecule has 0 bridgehead atoms. The highest BCUT2D eigenvalue weighted by Crippen LogP contribution is 2.33. The second-order valence-electron chi connectivity index (χ2n) is 7.98. The molecule has 5 heteroatoms. The number of amides is 2. The first-order chi connectivity index (χ1) is 13.6. The first kappa shape index (κ1) is 18.7. The van der Waals surface area contributed by atoms with Crippen LogP contribution in [0.15, 0.2) is 54.6 Å². The zero-order chi connectivity index (χ0) is 19.5. The van der Waals surface area contributed by atoms with Gasteiger partial charge in [-0.1, -0.05) is 48.5 Å². The van der Waals surface area contributed by atoms with E-state index in [0.717, 1.165) is 30.8 Å². The number of anilines is 1. The molecule has 2 amide bonds. The second kappa shape index (κ2) is 8.15. The van der Waals surface area contributed by atoms with Crippen LogP contribution in [0, 0.1) is 11.8 Å². The fourth-order valence-electron chi connectivity index (χ4n) is 4.50. The number of carbonyl (C=O) groups excluding carboxylic acids is 2. The van der Waals surface area contributed by atoms with E-state index in [4.69, 9.17) is 0 Å². The molecule has 2 aromatic carbocycles. The Morgan fingerprint density at radius 1 is 1.04 bits per heavy atom. The average molecular weight is 377 g/mol. The molecule has 3 atom stereocenters. The third-order valence-electron chi connectivity index (χ3n) is 6.00. The number of para-hydroxylation sites is 1. The summed E-state index contributed by atoms with van der Waals surface area (Å²) in [4.78, 5) is 27.1. The minimum absolute atomic E-state index is 0.0349. The van der Waals surface area contributed by atoms with Crippen molar-refractivity contribution in [2.75, 3.05) is 32.0 Å². The van der Waals surface area contributed by atoms with Gasteiger partial charge in [-0.3, -0.25) is 9.59 Å². The molecular formula is C23H27N3O2. The van der Waals surface area contributed by atoms with Crippen molar-refractivity contribution in [2.45, 2.75) is 18.8 Å². The molecule has 4 rings (SSSR count). The third-order valence-corrected chi connectivity index (χ3v) is 6.00.